The van der Waals surface area contributed by atoms with E-state index in [0.29, 0.717) is 29.5 Å². The van der Waals surface area contributed by atoms with E-state index in [9.17, 15) is 9.59 Å². The third kappa shape index (κ3) is 4.20. The number of anilines is 1. The maximum Gasteiger partial charge on any atom is 0.333 e. The molecule has 1 amide bonds. The normalized spacial score (nSPS) is 10.4. The van der Waals surface area contributed by atoms with E-state index in [-0.39, 0.29) is 18.1 Å². The van der Waals surface area contributed by atoms with Crippen LogP contribution in [0.5, 0.6) is 11.5 Å². The smallest absolute Gasteiger partial charge is 0.333 e. The number of para-hydroxylation sites is 2. The van der Waals surface area contributed by atoms with Gasteiger partial charge in [-0.1, -0.05) is 12.1 Å². The number of amides is 1. The molecule has 1 heterocycles. The minimum absolute atomic E-state index is 0.0948. The number of imidazole rings is 1. The number of aromatic nitrogens is 2. The zero-order chi connectivity index (χ0) is 19.2. The van der Waals surface area contributed by atoms with E-state index in [2.05, 4.69) is 5.32 Å². The molecule has 0 spiro atoms. The third-order valence-corrected chi connectivity index (χ3v) is 3.97. The van der Waals surface area contributed by atoms with Crippen LogP contribution in [-0.2, 0) is 11.3 Å². The van der Waals surface area contributed by atoms with Gasteiger partial charge in [0.2, 0.25) is 5.91 Å². The zero-order valence-electron chi connectivity index (χ0n) is 15.2. The zero-order valence-corrected chi connectivity index (χ0v) is 15.2. The molecular formula is C20H21N3O4. The van der Waals surface area contributed by atoms with Crippen LogP contribution in [0.15, 0.2) is 65.7 Å². The fraction of sp³-hybridized carbons (Fsp3) is 0.200. The van der Waals surface area contributed by atoms with Gasteiger partial charge < -0.3 is 14.8 Å². The van der Waals surface area contributed by atoms with Gasteiger partial charge in [-0.15, -0.1) is 0 Å². The second kappa shape index (κ2) is 8.27. The monoisotopic (exact) mass is 367 g/mol. The van der Waals surface area contributed by atoms with Gasteiger partial charge in [-0.2, -0.15) is 0 Å². The van der Waals surface area contributed by atoms with Crippen molar-refractivity contribution in [2.24, 2.45) is 0 Å². The van der Waals surface area contributed by atoms with Gasteiger partial charge in [0, 0.05) is 12.4 Å². The molecule has 0 saturated heterocycles. The van der Waals surface area contributed by atoms with Gasteiger partial charge in [0.15, 0.2) is 0 Å². The highest BCUT2D eigenvalue weighted by Crippen LogP contribution is 2.23. The largest absolute Gasteiger partial charge is 0.497 e. The first kappa shape index (κ1) is 18.3. The number of hydrogen-bond donors (Lipinski definition) is 1. The summed E-state index contributed by atoms with van der Waals surface area (Å²) in [7, 11) is 1.58. The number of nitrogens with one attached hydrogen (secondary N) is 1. The van der Waals surface area contributed by atoms with Crippen LogP contribution in [0.2, 0.25) is 0 Å². The van der Waals surface area contributed by atoms with Crippen molar-refractivity contribution in [2.75, 3.05) is 19.0 Å². The minimum Gasteiger partial charge on any atom is -0.497 e. The molecular weight excluding hydrogens is 346 g/mol. The summed E-state index contributed by atoms with van der Waals surface area (Å²) in [6, 6.07) is 14.3. The third-order valence-electron chi connectivity index (χ3n) is 3.97. The van der Waals surface area contributed by atoms with Crippen LogP contribution in [0.3, 0.4) is 0 Å². The summed E-state index contributed by atoms with van der Waals surface area (Å²) in [6.07, 6.45) is 3.21. The van der Waals surface area contributed by atoms with Crippen LogP contribution in [0.25, 0.3) is 5.69 Å². The van der Waals surface area contributed by atoms with Crippen LogP contribution in [0.4, 0.5) is 5.69 Å². The van der Waals surface area contributed by atoms with Gasteiger partial charge in [0.25, 0.3) is 0 Å². The number of nitrogens with zero attached hydrogens (tertiary/aromatic N) is 2. The van der Waals surface area contributed by atoms with Crippen molar-refractivity contribution < 1.29 is 14.3 Å². The molecule has 0 fully saturated rings. The lowest BCUT2D eigenvalue weighted by Gasteiger charge is -2.11. The average molecular weight is 367 g/mol. The van der Waals surface area contributed by atoms with E-state index in [1.54, 1.807) is 55.9 Å². The van der Waals surface area contributed by atoms with Crippen LogP contribution in [0.1, 0.15) is 6.92 Å². The number of hydrogen-bond acceptors (Lipinski definition) is 4. The molecule has 0 aliphatic carbocycles. The summed E-state index contributed by atoms with van der Waals surface area (Å²) in [5.74, 6) is 0.992. The maximum absolute atomic E-state index is 12.6. The van der Waals surface area contributed by atoms with Crippen molar-refractivity contribution in [1.82, 2.24) is 9.13 Å². The average Bonchev–Trinajstić information content (AvgIpc) is 3.04. The lowest BCUT2D eigenvalue weighted by Crippen LogP contribution is -2.28. The van der Waals surface area contributed by atoms with Crippen molar-refractivity contribution in [1.29, 1.82) is 0 Å². The SMILES string of the molecule is CCOc1ccccc1NC(=O)Cn1ccn(-c2ccc(OC)cc2)c1=O. The van der Waals surface area contributed by atoms with Crippen LogP contribution < -0.4 is 20.5 Å². The number of carbonyl (C=O) groups is 1. The van der Waals surface area contributed by atoms with Crippen molar-refractivity contribution >= 4 is 11.6 Å². The van der Waals surface area contributed by atoms with E-state index < -0.39 is 0 Å². The van der Waals surface area contributed by atoms with E-state index in [1.165, 1.54) is 9.13 Å². The quantitative estimate of drug-likeness (QED) is 0.697. The topological polar surface area (TPSA) is 74.5 Å². The Morgan fingerprint density at radius 2 is 1.81 bits per heavy atom. The lowest BCUT2D eigenvalue weighted by atomic mass is 10.3. The van der Waals surface area contributed by atoms with Gasteiger partial charge in [-0.3, -0.25) is 13.9 Å². The molecule has 0 saturated carbocycles. The first-order chi connectivity index (χ1) is 13.1. The van der Waals surface area contributed by atoms with Gasteiger partial charge in [0.1, 0.15) is 18.0 Å². The first-order valence-corrected chi connectivity index (χ1v) is 8.56. The highest BCUT2D eigenvalue weighted by Gasteiger charge is 2.11. The molecule has 0 atom stereocenters. The highest BCUT2D eigenvalue weighted by atomic mass is 16.5. The predicted molar refractivity (Wildman–Crippen MR) is 103 cm³/mol. The molecule has 140 valence electrons. The highest BCUT2D eigenvalue weighted by molar-refractivity contribution is 5.92. The van der Waals surface area contributed by atoms with Crippen molar-refractivity contribution in [3.05, 3.63) is 71.4 Å². The molecule has 0 aliphatic heterocycles. The fourth-order valence-electron chi connectivity index (χ4n) is 2.67. The minimum atomic E-state index is -0.309. The molecule has 1 aromatic heterocycles. The lowest BCUT2D eigenvalue weighted by molar-refractivity contribution is -0.116. The predicted octanol–water partition coefficient (Wildman–Crippen LogP) is 2.69. The molecule has 1 N–H and O–H groups in total. The molecule has 0 bridgehead atoms. The standard InChI is InChI=1S/C20H21N3O4/c1-3-27-18-7-5-4-6-17(18)21-19(24)14-22-12-13-23(20(22)25)15-8-10-16(26-2)11-9-15/h4-13H,3,14H2,1-2H3,(H,21,24). The second-order valence-corrected chi connectivity index (χ2v) is 5.75. The first-order valence-electron chi connectivity index (χ1n) is 8.56. The maximum atomic E-state index is 12.6. The van der Waals surface area contributed by atoms with Gasteiger partial charge in [0.05, 0.1) is 25.1 Å². The Morgan fingerprint density at radius 1 is 1.07 bits per heavy atom. The van der Waals surface area contributed by atoms with Crippen LogP contribution >= 0.6 is 0 Å². The Balaban J connectivity index is 1.74. The van der Waals surface area contributed by atoms with Gasteiger partial charge in [-0.25, -0.2) is 4.79 Å². The Hall–Kier alpha value is -3.48. The number of carbonyl (C=O) groups excluding carboxylic acids is 1. The Labute approximate surface area is 156 Å². The van der Waals surface area contributed by atoms with Crippen molar-refractivity contribution in [3.8, 4) is 17.2 Å². The summed E-state index contributed by atoms with van der Waals surface area (Å²) in [5.41, 5.74) is 0.974. The van der Waals surface area contributed by atoms with Crippen LogP contribution in [-0.4, -0.2) is 28.8 Å². The van der Waals surface area contributed by atoms with E-state index in [4.69, 9.17) is 9.47 Å². The number of ether oxygens (including phenoxy) is 2. The number of benzene rings is 2. The molecule has 3 aromatic rings. The molecule has 0 aliphatic rings. The second-order valence-electron chi connectivity index (χ2n) is 5.75. The van der Waals surface area contributed by atoms with Gasteiger partial charge in [-0.05, 0) is 43.3 Å². The molecule has 27 heavy (non-hydrogen) atoms. The molecule has 0 radical (unpaired) electrons. The number of methoxy groups -OCH3 is 1. The fourth-order valence-corrected chi connectivity index (χ4v) is 2.67. The molecule has 0 unspecified atom stereocenters. The summed E-state index contributed by atoms with van der Waals surface area (Å²) >= 11 is 0. The van der Waals surface area contributed by atoms with E-state index in [0.717, 1.165) is 0 Å². The summed E-state index contributed by atoms with van der Waals surface area (Å²) in [6.45, 7) is 2.28. The van der Waals surface area contributed by atoms with Crippen molar-refractivity contribution in [2.45, 2.75) is 13.5 Å². The Morgan fingerprint density at radius 3 is 2.52 bits per heavy atom. The Bertz CT molecular complexity index is 973. The summed E-state index contributed by atoms with van der Waals surface area (Å²) < 4.78 is 13.4. The van der Waals surface area contributed by atoms with E-state index >= 15 is 0 Å². The van der Waals surface area contributed by atoms with Crippen molar-refractivity contribution in [3.63, 3.8) is 0 Å². The van der Waals surface area contributed by atoms with Crippen LogP contribution in [0, 0.1) is 0 Å². The summed E-state index contributed by atoms with van der Waals surface area (Å²) in [4.78, 5) is 24.9. The molecule has 3 rings (SSSR count). The van der Waals surface area contributed by atoms with E-state index in [1.807, 2.05) is 19.1 Å². The molecule has 7 heteroatoms. The van der Waals surface area contributed by atoms with Gasteiger partial charge >= 0.3 is 5.69 Å². The molecule has 7 nitrogen and oxygen atoms in total. The summed E-state index contributed by atoms with van der Waals surface area (Å²) in [5, 5.41) is 2.79. The molecule has 2 aromatic carbocycles. The Kier molecular flexibility index (Phi) is 5.61. The number of rotatable bonds is 7.